The predicted octanol–water partition coefficient (Wildman–Crippen LogP) is 18.5. The Labute approximate surface area is 418 Å². The molecule has 1 atom stereocenters. The Kier molecular flexibility index (Phi) is 52.0. The van der Waals surface area contributed by atoms with Gasteiger partial charge in [0.15, 0.2) is 6.10 Å². The van der Waals surface area contributed by atoms with Gasteiger partial charge in [0.1, 0.15) is 13.2 Å². The third kappa shape index (κ3) is 52.8. The Hall–Kier alpha value is -4.19. The molecule has 0 aliphatic heterocycles. The number of ether oxygens (including phenoxy) is 3. The molecular formula is C62H100O6. The number of hydrogen-bond donors (Lipinski definition) is 0. The highest BCUT2D eigenvalue weighted by atomic mass is 16.6. The molecule has 0 rings (SSSR count). The number of carbonyl (C=O) groups is 3. The van der Waals surface area contributed by atoms with E-state index < -0.39 is 6.10 Å². The minimum Gasteiger partial charge on any atom is -0.462 e. The fourth-order valence-corrected chi connectivity index (χ4v) is 7.24. The SMILES string of the molecule is CC\C=C/C=C\C=C/C=C\C=C/CCCC(=O)OCC(COC(=O)CCCCCCCCC/C=C\CCCCCCCCCC)OC(=O)CCCCCCC\C=C/C=C\C=C/C=C\CCCCC. The maximum absolute atomic E-state index is 12.8. The van der Waals surface area contributed by atoms with E-state index in [0.29, 0.717) is 12.8 Å². The lowest BCUT2D eigenvalue weighted by atomic mass is 10.1. The number of hydrogen-bond acceptors (Lipinski definition) is 6. The first kappa shape index (κ1) is 63.8. The smallest absolute Gasteiger partial charge is 0.306 e. The number of unbranched alkanes of at least 4 members (excludes halogenated alkanes) is 24. The number of rotatable bonds is 48. The molecule has 0 aromatic heterocycles. The number of allylic oxidation sites excluding steroid dienone is 20. The van der Waals surface area contributed by atoms with Gasteiger partial charge in [-0.25, -0.2) is 0 Å². The molecule has 1 unspecified atom stereocenters. The van der Waals surface area contributed by atoms with Crippen LogP contribution < -0.4 is 0 Å². The van der Waals surface area contributed by atoms with Crippen LogP contribution in [0, 0.1) is 0 Å². The first-order valence-corrected chi connectivity index (χ1v) is 27.7. The van der Waals surface area contributed by atoms with Crippen molar-refractivity contribution in [1.29, 1.82) is 0 Å². The van der Waals surface area contributed by atoms with Crippen LogP contribution in [0.2, 0.25) is 0 Å². The lowest BCUT2D eigenvalue weighted by molar-refractivity contribution is -0.167. The average molecular weight is 941 g/mol. The molecule has 6 nitrogen and oxygen atoms in total. The molecule has 68 heavy (non-hydrogen) atoms. The van der Waals surface area contributed by atoms with E-state index in [2.05, 4.69) is 87.6 Å². The van der Waals surface area contributed by atoms with Crippen LogP contribution in [0.25, 0.3) is 0 Å². The molecule has 0 spiro atoms. The van der Waals surface area contributed by atoms with Gasteiger partial charge in [-0.3, -0.25) is 14.4 Å². The van der Waals surface area contributed by atoms with Crippen LogP contribution in [0.3, 0.4) is 0 Å². The summed E-state index contributed by atoms with van der Waals surface area (Å²) in [6, 6.07) is 0. The molecule has 0 aromatic rings. The van der Waals surface area contributed by atoms with Crippen molar-refractivity contribution in [3.63, 3.8) is 0 Å². The highest BCUT2D eigenvalue weighted by Crippen LogP contribution is 2.14. The zero-order valence-corrected chi connectivity index (χ0v) is 43.8. The second-order valence-electron chi connectivity index (χ2n) is 18.0. The van der Waals surface area contributed by atoms with Crippen LogP contribution in [-0.4, -0.2) is 37.2 Å². The topological polar surface area (TPSA) is 78.9 Å². The molecule has 384 valence electrons. The second-order valence-corrected chi connectivity index (χ2v) is 18.0. The monoisotopic (exact) mass is 941 g/mol. The van der Waals surface area contributed by atoms with E-state index in [9.17, 15) is 14.4 Å². The van der Waals surface area contributed by atoms with Crippen molar-refractivity contribution in [2.75, 3.05) is 13.2 Å². The van der Waals surface area contributed by atoms with Crippen molar-refractivity contribution < 1.29 is 28.6 Å². The van der Waals surface area contributed by atoms with Gasteiger partial charge in [-0.1, -0.05) is 251 Å². The Morgan fingerprint density at radius 1 is 0.309 bits per heavy atom. The van der Waals surface area contributed by atoms with Crippen LogP contribution in [0.4, 0.5) is 0 Å². The van der Waals surface area contributed by atoms with Crippen molar-refractivity contribution in [1.82, 2.24) is 0 Å². The molecule has 0 saturated heterocycles. The normalized spacial score (nSPS) is 13.0. The zero-order valence-electron chi connectivity index (χ0n) is 43.8. The van der Waals surface area contributed by atoms with E-state index in [1.54, 1.807) is 0 Å². The highest BCUT2D eigenvalue weighted by molar-refractivity contribution is 5.71. The molecule has 0 aromatic carbocycles. The zero-order chi connectivity index (χ0) is 49.3. The molecule has 0 saturated carbocycles. The summed E-state index contributed by atoms with van der Waals surface area (Å²) < 4.78 is 16.7. The number of esters is 3. The fourth-order valence-electron chi connectivity index (χ4n) is 7.24. The van der Waals surface area contributed by atoms with E-state index in [-0.39, 0.29) is 44.0 Å². The van der Waals surface area contributed by atoms with Crippen LogP contribution in [0.15, 0.2) is 122 Å². The second kappa shape index (κ2) is 55.4. The molecule has 0 N–H and O–H groups in total. The lowest BCUT2D eigenvalue weighted by Crippen LogP contribution is -2.30. The van der Waals surface area contributed by atoms with E-state index in [4.69, 9.17) is 14.2 Å². The minimum absolute atomic E-state index is 0.116. The molecule has 0 aliphatic carbocycles. The van der Waals surface area contributed by atoms with E-state index in [1.165, 1.54) is 109 Å². The lowest BCUT2D eigenvalue weighted by Gasteiger charge is -2.18. The van der Waals surface area contributed by atoms with E-state index >= 15 is 0 Å². The average Bonchev–Trinajstić information content (AvgIpc) is 3.34. The summed E-state index contributed by atoms with van der Waals surface area (Å²) in [6.07, 6.45) is 76.2. The molecule has 0 fully saturated rings. The van der Waals surface area contributed by atoms with E-state index in [1.807, 2.05) is 54.7 Å². The molecule has 0 aliphatic rings. The third-order valence-electron chi connectivity index (χ3n) is 11.4. The van der Waals surface area contributed by atoms with Crippen molar-refractivity contribution in [3.05, 3.63) is 122 Å². The quantitative estimate of drug-likeness (QED) is 0.0199. The summed E-state index contributed by atoms with van der Waals surface area (Å²) >= 11 is 0. The Morgan fingerprint density at radius 3 is 1.03 bits per heavy atom. The molecule has 0 bridgehead atoms. The predicted molar refractivity (Wildman–Crippen MR) is 293 cm³/mol. The van der Waals surface area contributed by atoms with Gasteiger partial charge >= 0.3 is 17.9 Å². The van der Waals surface area contributed by atoms with E-state index in [0.717, 1.165) is 77.0 Å². The Balaban J connectivity index is 4.52. The van der Waals surface area contributed by atoms with Crippen molar-refractivity contribution in [2.24, 2.45) is 0 Å². The van der Waals surface area contributed by atoms with Crippen LogP contribution in [-0.2, 0) is 28.6 Å². The molecular weight excluding hydrogens is 841 g/mol. The maximum Gasteiger partial charge on any atom is 0.306 e. The molecule has 0 amide bonds. The summed E-state index contributed by atoms with van der Waals surface area (Å²) in [5.74, 6) is -1.02. The van der Waals surface area contributed by atoms with Gasteiger partial charge in [0.05, 0.1) is 0 Å². The summed E-state index contributed by atoms with van der Waals surface area (Å²) in [6.45, 7) is 6.36. The Morgan fingerprint density at radius 2 is 0.603 bits per heavy atom. The Bertz CT molecular complexity index is 1450. The van der Waals surface area contributed by atoms with Gasteiger partial charge in [0, 0.05) is 19.3 Å². The maximum atomic E-state index is 12.8. The summed E-state index contributed by atoms with van der Waals surface area (Å²) in [5, 5.41) is 0. The number of carbonyl (C=O) groups excluding carboxylic acids is 3. The third-order valence-corrected chi connectivity index (χ3v) is 11.4. The van der Waals surface area contributed by atoms with Gasteiger partial charge in [-0.2, -0.15) is 0 Å². The summed E-state index contributed by atoms with van der Waals surface area (Å²) in [7, 11) is 0. The van der Waals surface area contributed by atoms with Gasteiger partial charge in [0.25, 0.3) is 0 Å². The summed E-state index contributed by atoms with van der Waals surface area (Å²) in [5.41, 5.74) is 0. The van der Waals surface area contributed by atoms with Crippen LogP contribution >= 0.6 is 0 Å². The van der Waals surface area contributed by atoms with Crippen LogP contribution in [0.5, 0.6) is 0 Å². The van der Waals surface area contributed by atoms with Crippen LogP contribution in [0.1, 0.15) is 233 Å². The first-order valence-electron chi connectivity index (χ1n) is 27.7. The van der Waals surface area contributed by atoms with Gasteiger partial charge < -0.3 is 14.2 Å². The largest absolute Gasteiger partial charge is 0.462 e. The minimum atomic E-state index is -0.825. The van der Waals surface area contributed by atoms with Gasteiger partial charge in [0.2, 0.25) is 0 Å². The van der Waals surface area contributed by atoms with Crippen molar-refractivity contribution >= 4 is 17.9 Å². The molecule has 0 radical (unpaired) electrons. The highest BCUT2D eigenvalue weighted by Gasteiger charge is 2.19. The fraction of sp³-hybridized carbons (Fsp3) is 0.629. The van der Waals surface area contributed by atoms with Gasteiger partial charge in [-0.15, -0.1) is 0 Å². The first-order chi connectivity index (χ1) is 33.5. The van der Waals surface area contributed by atoms with Crippen molar-refractivity contribution in [2.45, 2.75) is 239 Å². The summed E-state index contributed by atoms with van der Waals surface area (Å²) in [4.78, 5) is 38.1. The standard InChI is InChI=1S/C62H100O6/c1-4-7-10-13-16-19-22-25-27-29-31-33-34-37-40-43-46-49-52-55-61(64)67-58-59(57-66-60(63)54-51-48-45-42-39-36-24-21-18-15-12-9-6-3)68-62(65)56-53-50-47-44-41-38-35-32-30-28-26-23-20-17-14-11-8-5-2/h9,12,15,17-18,20-21,23-24,26,28-32,35-36,39,42,45,59H,4-8,10-11,13-14,16,19,22,25,27,33-34,37-38,40-41,43-44,46-58H2,1-3H3/b12-9-,18-15-,20-17-,24-21-,26-23-,30-28-,31-29-,35-32-,39-36-,45-42-. The molecule has 6 heteroatoms. The van der Waals surface area contributed by atoms with Crippen molar-refractivity contribution in [3.8, 4) is 0 Å². The van der Waals surface area contributed by atoms with Gasteiger partial charge in [-0.05, 0) is 83.5 Å². The molecule has 0 heterocycles.